The van der Waals surface area contributed by atoms with Crippen LogP contribution in [0.5, 0.6) is 11.5 Å². The molecule has 0 unspecified atom stereocenters. The third-order valence-corrected chi connectivity index (χ3v) is 3.30. The topological polar surface area (TPSA) is 70.9 Å². The molecule has 0 aliphatic heterocycles. The first-order valence-electron chi connectivity index (χ1n) is 6.62. The lowest BCUT2D eigenvalue weighted by Crippen LogP contribution is -2.13. The summed E-state index contributed by atoms with van der Waals surface area (Å²) in [5, 5.41) is 16.5. The number of H-pyrrole nitrogens is 1. The van der Waals surface area contributed by atoms with E-state index in [9.17, 15) is 5.26 Å². The zero-order valence-corrected chi connectivity index (χ0v) is 12.9. The summed E-state index contributed by atoms with van der Waals surface area (Å²) in [4.78, 5) is 0. The number of benzene rings is 1. The van der Waals surface area contributed by atoms with Gasteiger partial charge >= 0.3 is 0 Å². The van der Waals surface area contributed by atoms with Crippen molar-refractivity contribution < 1.29 is 9.47 Å². The molecule has 1 aromatic carbocycles. The summed E-state index contributed by atoms with van der Waals surface area (Å²) in [6, 6.07) is 5.80. The van der Waals surface area contributed by atoms with Gasteiger partial charge in [-0.25, -0.2) is 0 Å². The van der Waals surface area contributed by atoms with E-state index in [0.29, 0.717) is 17.1 Å². The highest BCUT2D eigenvalue weighted by atomic mass is 16.5. The predicted octanol–water partition coefficient (Wildman–Crippen LogP) is 3.26. The van der Waals surface area contributed by atoms with Crippen LogP contribution in [0.1, 0.15) is 32.0 Å². The number of ether oxygens (including phenoxy) is 2. The molecule has 5 heteroatoms. The van der Waals surface area contributed by atoms with Crippen LogP contribution in [0, 0.1) is 11.3 Å². The molecule has 1 aromatic heterocycles. The van der Waals surface area contributed by atoms with Crippen molar-refractivity contribution in [1.82, 2.24) is 10.2 Å². The van der Waals surface area contributed by atoms with Crippen LogP contribution in [0.15, 0.2) is 18.3 Å². The van der Waals surface area contributed by atoms with Crippen LogP contribution in [-0.2, 0) is 5.41 Å². The van der Waals surface area contributed by atoms with Crippen molar-refractivity contribution in [2.45, 2.75) is 26.2 Å². The summed E-state index contributed by atoms with van der Waals surface area (Å²) in [5.74, 6) is 0.983. The maximum Gasteiger partial charge on any atom is 0.178 e. The number of aromatic amines is 1. The average molecular weight is 285 g/mol. The number of aromatic nitrogens is 2. The zero-order chi connectivity index (χ0) is 15.6. The van der Waals surface area contributed by atoms with E-state index >= 15 is 0 Å². The Bertz CT molecular complexity index is 691. The molecule has 0 bridgehead atoms. The maximum atomic E-state index is 9.31. The Balaban J connectivity index is 2.67. The molecule has 0 saturated heterocycles. The van der Waals surface area contributed by atoms with E-state index in [2.05, 4.69) is 37.0 Å². The highest BCUT2D eigenvalue weighted by molar-refractivity contribution is 5.72. The van der Waals surface area contributed by atoms with Gasteiger partial charge in [-0.05, 0) is 17.7 Å². The SMILES string of the molecule is COc1cc(-c2cn[nH]c2C(C)(C)C)cc(C#N)c1OC. The van der Waals surface area contributed by atoms with Gasteiger partial charge in [-0.2, -0.15) is 10.4 Å². The smallest absolute Gasteiger partial charge is 0.178 e. The van der Waals surface area contributed by atoms with Gasteiger partial charge in [-0.1, -0.05) is 20.8 Å². The third kappa shape index (κ3) is 2.70. The quantitative estimate of drug-likeness (QED) is 0.939. The molecule has 110 valence electrons. The van der Waals surface area contributed by atoms with Gasteiger partial charge in [-0.3, -0.25) is 5.10 Å². The average Bonchev–Trinajstić information content (AvgIpc) is 2.95. The van der Waals surface area contributed by atoms with Crippen LogP contribution < -0.4 is 9.47 Å². The van der Waals surface area contributed by atoms with Crippen LogP contribution in [0.3, 0.4) is 0 Å². The van der Waals surface area contributed by atoms with Crippen molar-refractivity contribution in [3.8, 4) is 28.7 Å². The number of hydrogen-bond acceptors (Lipinski definition) is 4. The van der Waals surface area contributed by atoms with E-state index in [1.165, 1.54) is 7.11 Å². The first kappa shape index (κ1) is 14.9. The summed E-state index contributed by atoms with van der Waals surface area (Å²) in [5.41, 5.74) is 3.21. The molecule has 0 atom stereocenters. The normalized spacial score (nSPS) is 11.0. The minimum atomic E-state index is -0.0776. The summed E-state index contributed by atoms with van der Waals surface area (Å²) < 4.78 is 10.6. The fourth-order valence-corrected chi connectivity index (χ4v) is 2.28. The molecule has 2 aromatic rings. The molecule has 0 fully saturated rings. The Labute approximate surface area is 124 Å². The Morgan fingerprint density at radius 1 is 1.19 bits per heavy atom. The lowest BCUT2D eigenvalue weighted by Gasteiger charge is -2.19. The van der Waals surface area contributed by atoms with Gasteiger partial charge in [0.15, 0.2) is 11.5 Å². The van der Waals surface area contributed by atoms with Crippen molar-refractivity contribution in [2.75, 3.05) is 14.2 Å². The number of hydrogen-bond donors (Lipinski definition) is 1. The van der Waals surface area contributed by atoms with Crippen molar-refractivity contribution in [3.63, 3.8) is 0 Å². The number of nitriles is 1. The predicted molar refractivity (Wildman–Crippen MR) is 80.5 cm³/mol. The van der Waals surface area contributed by atoms with Crippen molar-refractivity contribution in [1.29, 1.82) is 5.26 Å². The van der Waals surface area contributed by atoms with Crippen molar-refractivity contribution in [2.24, 2.45) is 0 Å². The second kappa shape index (κ2) is 5.49. The molecule has 0 aliphatic rings. The molecule has 1 N–H and O–H groups in total. The van der Waals surface area contributed by atoms with Crippen molar-refractivity contribution in [3.05, 3.63) is 29.6 Å². The van der Waals surface area contributed by atoms with Gasteiger partial charge in [0.1, 0.15) is 6.07 Å². The van der Waals surface area contributed by atoms with Crippen LogP contribution in [-0.4, -0.2) is 24.4 Å². The molecule has 0 spiro atoms. The van der Waals surface area contributed by atoms with Gasteiger partial charge in [0, 0.05) is 16.7 Å². The van der Waals surface area contributed by atoms with Gasteiger partial charge in [0.25, 0.3) is 0 Å². The van der Waals surface area contributed by atoms with Crippen molar-refractivity contribution >= 4 is 0 Å². The first-order valence-corrected chi connectivity index (χ1v) is 6.62. The molecule has 0 aliphatic carbocycles. The number of nitrogens with one attached hydrogen (secondary N) is 1. The minimum absolute atomic E-state index is 0.0776. The zero-order valence-electron chi connectivity index (χ0n) is 12.9. The summed E-state index contributed by atoms with van der Waals surface area (Å²) in [6.45, 7) is 6.32. The Hall–Kier alpha value is -2.48. The molecule has 1 heterocycles. The minimum Gasteiger partial charge on any atom is -0.493 e. The van der Waals surface area contributed by atoms with E-state index in [0.717, 1.165) is 16.8 Å². The highest BCUT2D eigenvalue weighted by Crippen LogP contribution is 2.38. The van der Waals surface area contributed by atoms with E-state index in [-0.39, 0.29) is 5.41 Å². The highest BCUT2D eigenvalue weighted by Gasteiger charge is 2.22. The standard InChI is InChI=1S/C16H19N3O2/c1-16(2,3)15-12(9-18-19-15)10-6-11(8-17)14(21-5)13(7-10)20-4/h6-7,9H,1-5H3,(H,18,19). The van der Waals surface area contributed by atoms with E-state index in [1.807, 2.05) is 6.07 Å². The fourth-order valence-electron chi connectivity index (χ4n) is 2.28. The molecular formula is C16H19N3O2. The van der Waals surface area contributed by atoms with Gasteiger partial charge in [-0.15, -0.1) is 0 Å². The van der Waals surface area contributed by atoms with E-state index in [1.54, 1.807) is 19.4 Å². The second-order valence-electron chi connectivity index (χ2n) is 5.78. The first-order chi connectivity index (χ1) is 9.92. The monoisotopic (exact) mass is 285 g/mol. The van der Waals surface area contributed by atoms with E-state index in [4.69, 9.17) is 9.47 Å². The number of rotatable bonds is 3. The number of nitrogens with zero attached hydrogens (tertiary/aromatic N) is 2. The number of methoxy groups -OCH3 is 2. The third-order valence-electron chi connectivity index (χ3n) is 3.30. The van der Waals surface area contributed by atoms with Gasteiger partial charge < -0.3 is 9.47 Å². The molecule has 0 saturated carbocycles. The summed E-state index contributed by atoms with van der Waals surface area (Å²) >= 11 is 0. The van der Waals surface area contributed by atoms with Crippen LogP contribution in [0.2, 0.25) is 0 Å². The summed E-state index contributed by atoms with van der Waals surface area (Å²) in [7, 11) is 3.08. The fraction of sp³-hybridized carbons (Fsp3) is 0.375. The lowest BCUT2D eigenvalue weighted by atomic mass is 9.87. The Kier molecular flexibility index (Phi) is 3.90. The van der Waals surface area contributed by atoms with Crippen LogP contribution in [0.4, 0.5) is 0 Å². The van der Waals surface area contributed by atoms with Gasteiger partial charge in [0.05, 0.1) is 26.0 Å². The summed E-state index contributed by atoms with van der Waals surface area (Å²) in [6.07, 6.45) is 1.77. The maximum absolute atomic E-state index is 9.31. The van der Waals surface area contributed by atoms with Crippen LogP contribution >= 0.6 is 0 Å². The van der Waals surface area contributed by atoms with Gasteiger partial charge in [0.2, 0.25) is 0 Å². The molecular weight excluding hydrogens is 266 g/mol. The van der Waals surface area contributed by atoms with Crippen LogP contribution in [0.25, 0.3) is 11.1 Å². The molecule has 5 nitrogen and oxygen atoms in total. The lowest BCUT2D eigenvalue weighted by molar-refractivity contribution is 0.354. The molecule has 0 amide bonds. The second-order valence-corrected chi connectivity index (χ2v) is 5.78. The molecule has 2 rings (SSSR count). The van der Waals surface area contributed by atoms with E-state index < -0.39 is 0 Å². The Morgan fingerprint density at radius 2 is 1.90 bits per heavy atom. The molecule has 0 radical (unpaired) electrons. The Morgan fingerprint density at radius 3 is 2.43 bits per heavy atom. The molecule has 21 heavy (non-hydrogen) atoms. The largest absolute Gasteiger partial charge is 0.493 e.